The van der Waals surface area contributed by atoms with Gasteiger partial charge in [0.2, 0.25) is 5.91 Å². The van der Waals surface area contributed by atoms with E-state index in [9.17, 15) is 4.79 Å². The molecule has 1 aromatic heterocycles. The highest BCUT2D eigenvalue weighted by Crippen LogP contribution is 2.21. The van der Waals surface area contributed by atoms with Crippen LogP contribution in [0.25, 0.3) is 10.9 Å². The number of fused-ring (bicyclic) bond motifs is 1. The van der Waals surface area contributed by atoms with Gasteiger partial charge in [-0.15, -0.1) is 0 Å². The van der Waals surface area contributed by atoms with Gasteiger partial charge in [-0.3, -0.25) is 4.79 Å². The zero-order valence-electron chi connectivity index (χ0n) is 11.3. The molecule has 1 fully saturated rings. The average Bonchev–Trinajstić information content (AvgIpc) is 2.95. The number of anilines is 1. The van der Waals surface area contributed by atoms with Crippen molar-refractivity contribution in [1.29, 1.82) is 0 Å². The van der Waals surface area contributed by atoms with E-state index in [1.54, 1.807) is 0 Å². The van der Waals surface area contributed by atoms with Crippen LogP contribution in [0.5, 0.6) is 0 Å². The highest BCUT2D eigenvalue weighted by molar-refractivity contribution is 5.96. The SMILES string of the molecule is NC(C(=O)Nc1ccc2[nH]ccc2c1)C1CCOCC1. The van der Waals surface area contributed by atoms with Crippen LogP contribution in [0.1, 0.15) is 12.8 Å². The van der Waals surface area contributed by atoms with Crippen molar-refractivity contribution in [1.82, 2.24) is 4.98 Å². The molecule has 5 nitrogen and oxygen atoms in total. The van der Waals surface area contributed by atoms with E-state index < -0.39 is 6.04 Å². The van der Waals surface area contributed by atoms with E-state index >= 15 is 0 Å². The molecule has 2 aromatic rings. The Morgan fingerprint density at radius 3 is 2.95 bits per heavy atom. The number of nitrogens with one attached hydrogen (secondary N) is 2. The molecule has 1 aliphatic rings. The fourth-order valence-corrected chi connectivity index (χ4v) is 2.65. The fourth-order valence-electron chi connectivity index (χ4n) is 2.65. The third kappa shape index (κ3) is 2.69. The zero-order valence-corrected chi connectivity index (χ0v) is 11.3. The molecular formula is C15H19N3O2. The van der Waals surface area contributed by atoms with Crippen LogP contribution in [-0.4, -0.2) is 30.1 Å². The van der Waals surface area contributed by atoms with Crippen LogP contribution < -0.4 is 11.1 Å². The summed E-state index contributed by atoms with van der Waals surface area (Å²) in [6.45, 7) is 1.39. The van der Waals surface area contributed by atoms with E-state index in [-0.39, 0.29) is 11.8 Å². The summed E-state index contributed by atoms with van der Waals surface area (Å²) >= 11 is 0. The number of H-pyrrole nitrogens is 1. The second-order valence-electron chi connectivity index (χ2n) is 5.24. The van der Waals surface area contributed by atoms with Crippen LogP contribution in [0.15, 0.2) is 30.5 Å². The minimum Gasteiger partial charge on any atom is -0.381 e. The first-order valence-corrected chi connectivity index (χ1v) is 6.95. The van der Waals surface area contributed by atoms with Crippen molar-refractivity contribution >= 4 is 22.5 Å². The topological polar surface area (TPSA) is 80.1 Å². The number of hydrogen-bond acceptors (Lipinski definition) is 3. The third-order valence-electron chi connectivity index (χ3n) is 3.90. The first-order valence-electron chi connectivity index (χ1n) is 6.95. The molecule has 1 aliphatic heterocycles. The minimum atomic E-state index is -0.471. The number of aromatic amines is 1. The van der Waals surface area contributed by atoms with Gasteiger partial charge in [-0.25, -0.2) is 0 Å². The van der Waals surface area contributed by atoms with Gasteiger partial charge >= 0.3 is 0 Å². The summed E-state index contributed by atoms with van der Waals surface area (Å²) in [7, 11) is 0. The number of aromatic nitrogens is 1. The summed E-state index contributed by atoms with van der Waals surface area (Å²) < 4.78 is 5.30. The van der Waals surface area contributed by atoms with Crippen molar-refractivity contribution in [3.05, 3.63) is 30.5 Å². The third-order valence-corrected chi connectivity index (χ3v) is 3.90. The molecule has 106 valence electrons. The van der Waals surface area contributed by atoms with Gasteiger partial charge in [0, 0.05) is 36.0 Å². The van der Waals surface area contributed by atoms with Crippen LogP contribution in [0.4, 0.5) is 5.69 Å². The molecule has 0 spiro atoms. The molecule has 4 N–H and O–H groups in total. The zero-order chi connectivity index (χ0) is 13.9. The molecule has 1 saturated heterocycles. The van der Waals surface area contributed by atoms with Crippen LogP contribution >= 0.6 is 0 Å². The summed E-state index contributed by atoms with van der Waals surface area (Å²) in [6, 6.07) is 7.28. The van der Waals surface area contributed by atoms with Crippen molar-refractivity contribution in [2.45, 2.75) is 18.9 Å². The summed E-state index contributed by atoms with van der Waals surface area (Å²) in [6.07, 6.45) is 3.58. The number of nitrogens with two attached hydrogens (primary N) is 1. The molecule has 1 amide bonds. The van der Waals surface area contributed by atoms with Gasteiger partial charge in [-0.05, 0) is 43.0 Å². The molecule has 1 aromatic carbocycles. The standard InChI is InChI=1S/C15H19N3O2/c16-14(10-4-7-20-8-5-10)15(19)18-12-1-2-13-11(9-12)3-6-17-13/h1-3,6,9-10,14,17H,4-5,7-8,16H2,(H,18,19). The summed E-state index contributed by atoms with van der Waals surface area (Å²) in [5.74, 6) is 0.0894. The quantitative estimate of drug-likeness (QED) is 0.798. The maximum atomic E-state index is 12.2. The van der Waals surface area contributed by atoms with Gasteiger partial charge in [0.05, 0.1) is 6.04 Å². The van der Waals surface area contributed by atoms with Crippen molar-refractivity contribution in [3.63, 3.8) is 0 Å². The van der Waals surface area contributed by atoms with Gasteiger partial charge in [0.1, 0.15) is 0 Å². The van der Waals surface area contributed by atoms with Gasteiger partial charge in [0.15, 0.2) is 0 Å². The monoisotopic (exact) mass is 273 g/mol. The van der Waals surface area contributed by atoms with E-state index in [0.717, 1.165) is 29.4 Å². The number of carbonyl (C=O) groups excluding carboxylic acids is 1. The van der Waals surface area contributed by atoms with E-state index in [4.69, 9.17) is 10.5 Å². The molecule has 0 bridgehead atoms. The van der Waals surface area contributed by atoms with E-state index in [0.29, 0.717) is 13.2 Å². The second-order valence-corrected chi connectivity index (χ2v) is 5.24. The number of benzene rings is 1. The number of hydrogen-bond donors (Lipinski definition) is 3. The molecule has 3 rings (SSSR count). The molecule has 0 aliphatic carbocycles. The smallest absolute Gasteiger partial charge is 0.241 e. The molecule has 0 radical (unpaired) electrons. The normalized spacial score (nSPS) is 18.1. The largest absolute Gasteiger partial charge is 0.381 e. The number of ether oxygens (including phenoxy) is 1. The van der Waals surface area contributed by atoms with Gasteiger partial charge in [0.25, 0.3) is 0 Å². The Labute approximate surface area is 117 Å². The van der Waals surface area contributed by atoms with Gasteiger partial charge < -0.3 is 20.8 Å². The van der Waals surface area contributed by atoms with Gasteiger partial charge in [-0.2, -0.15) is 0 Å². The summed E-state index contributed by atoms with van der Waals surface area (Å²) in [4.78, 5) is 15.3. The van der Waals surface area contributed by atoms with Crippen molar-refractivity contribution in [2.75, 3.05) is 18.5 Å². The van der Waals surface area contributed by atoms with E-state index in [1.165, 1.54) is 0 Å². The summed E-state index contributed by atoms with van der Waals surface area (Å²) in [5, 5.41) is 3.97. The highest BCUT2D eigenvalue weighted by atomic mass is 16.5. The highest BCUT2D eigenvalue weighted by Gasteiger charge is 2.26. The first kappa shape index (κ1) is 13.1. The van der Waals surface area contributed by atoms with Crippen LogP contribution in [0.2, 0.25) is 0 Å². The van der Waals surface area contributed by atoms with E-state index in [1.807, 2.05) is 30.5 Å². The Morgan fingerprint density at radius 2 is 2.15 bits per heavy atom. The lowest BCUT2D eigenvalue weighted by Gasteiger charge is -2.26. The van der Waals surface area contributed by atoms with E-state index in [2.05, 4.69) is 10.3 Å². The number of amides is 1. The van der Waals surface area contributed by atoms with Crippen molar-refractivity contribution in [3.8, 4) is 0 Å². The predicted molar refractivity (Wildman–Crippen MR) is 78.4 cm³/mol. The molecule has 5 heteroatoms. The average molecular weight is 273 g/mol. The number of rotatable bonds is 3. The van der Waals surface area contributed by atoms with Crippen LogP contribution in [0, 0.1) is 5.92 Å². The maximum absolute atomic E-state index is 12.2. The summed E-state index contributed by atoms with van der Waals surface area (Å²) in [5.41, 5.74) is 7.89. The lowest BCUT2D eigenvalue weighted by Crippen LogP contribution is -2.43. The molecule has 0 saturated carbocycles. The molecular weight excluding hydrogens is 254 g/mol. The minimum absolute atomic E-state index is 0.119. The van der Waals surface area contributed by atoms with Crippen molar-refractivity contribution in [2.24, 2.45) is 11.7 Å². The first-order chi connectivity index (χ1) is 9.74. The van der Waals surface area contributed by atoms with Crippen molar-refractivity contribution < 1.29 is 9.53 Å². The lowest BCUT2D eigenvalue weighted by atomic mass is 9.92. The lowest BCUT2D eigenvalue weighted by molar-refractivity contribution is -0.119. The Kier molecular flexibility index (Phi) is 3.71. The fraction of sp³-hybridized carbons (Fsp3) is 0.400. The molecule has 1 unspecified atom stereocenters. The molecule has 20 heavy (non-hydrogen) atoms. The van der Waals surface area contributed by atoms with Crippen LogP contribution in [-0.2, 0) is 9.53 Å². The molecule has 1 atom stereocenters. The van der Waals surface area contributed by atoms with Crippen LogP contribution in [0.3, 0.4) is 0 Å². The number of carbonyl (C=O) groups is 1. The Morgan fingerprint density at radius 1 is 1.35 bits per heavy atom. The molecule has 2 heterocycles. The predicted octanol–water partition coefficient (Wildman–Crippen LogP) is 1.86. The van der Waals surface area contributed by atoms with Gasteiger partial charge in [-0.1, -0.05) is 0 Å². The Balaban J connectivity index is 1.67. The second kappa shape index (κ2) is 5.64. The Bertz CT molecular complexity index is 602. The Hall–Kier alpha value is -1.85. The maximum Gasteiger partial charge on any atom is 0.241 e.